The lowest BCUT2D eigenvalue weighted by atomic mass is 10.1. The van der Waals surface area contributed by atoms with Gasteiger partial charge in [-0.15, -0.1) is 0 Å². The van der Waals surface area contributed by atoms with Gasteiger partial charge in [0.15, 0.2) is 5.82 Å². The number of aromatic amines is 1. The number of methoxy groups -OCH3 is 1. The van der Waals surface area contributed by atoms with Crippen LogP contribution in [0.3, 0.4) is 0 Å². The van der Waals surface area contributed by atoms with Crippen molar-refractivity contribution >= 4 is 0 Å². The van der Waals surface area contributed by atoms with Crippen LogP contribution >= 0.6 is 0 Å². The van der Waals surface area contributed by atoms with Crippen molar-refractivity contribution in [2.24, 2.45) is 0 Å². The number of ether oxygens (including phenoxy) is 2. The van der Waals surface area contributed by atoms with E-state index in [0.29, 0.717) is 23.7 Å². The molecule has 0 aliphatic heterocycles. The molecule has 0 spiro atoms. The number of nitrogens with one attached hydrogen (secondary N) is 1. The lowest BCUT2D eigenvalue weighted by molar-refractivity contribution is 0.296. The van der Waals surface area contributed by atoms with Gasteiger partial charge in [0, 0.05) is 11.1 Å². The summed E-state index contributed by atoms with van der Waals surface area (Å²) in [5.41, 5.74) is 4.01. The summed E-state index contributed by atoms with van der Waals surface area (Å²) in [4.78, 5) is 13.6. The third-order valence-corrected chi connectivity index (χ3v) is 3.87. The Bertz CT molecular complexity index is 911. The largest absolute Gasteiger partial charge is 0.496 e. The zero-order valence-corrected chi connectivity index (χ0v) is 13.8. The van der Waals surface area contributed by atoms with E-state index in [0.717, 1.165) is 11.3 Å². The first-order chi connectivity index (χ1) is 11.6. The molecule has 3 rings (SSSR count). The third kappa shape index (κ3) is 3.32. The molecule has 1 aromatic heterocycles. The van der Waals surface area contributed by atoms with Crippen molar-refractivity contribution in [2.75, 3.05) is 7.11 Å². The van der Waals surface area contributed by atoms with Crippen LogP contribution in [0, 0.1) is 13.8 Å². The molecule has 0 amide bonds. The fourth-order valence-corrected chi connectivity index (χ4v) is 2.33. The molecule has 0 fully saturated rings. The Morgan fingerprint density at radius 1 is 1.12 bits per heavy atom. The Morgan fingerprint density at radius 3 is 2.62 bits per heavy atom. The predicted octanol–water partition coefficient (Wildman–Crippen LogP) is 3.23. The third-order valence-electron chi connectivity index (χ3n) is 3.87. The molecule has 0 unspecified atom stereocenters. The maximum absolute atomic E-state index is 11.1. The van der Waals surface area contributed by atoms with Gasteiger partial charge < -0.3 is 9.47 Å². The highest BCUT2D eigenvalue weighted by Crippen LogP contribution is 2.26. The number of hydrogen-bond acceptors (Lipinski definition) is 5. The lowest BCUT2D eigenvalue weighted by Crippen LogP contribution is -2.00. The maximum Gasteiger partial charge on any atom is 0.439 e. The molecule has 124 valence electrons. The lowest BCUT2D eigenvalue weighted by Gasteiger charge is -2.12. The molecule has 0 radical (unpaired) electrons. The van der Waals surface area contributed by atoms with Gasteiger partial charge in [-0.3, -0.25) is 9.51 Å². The standard InChI is InChI=1S/C18H18N2O4/c1-11-4-7-15(8-12(11)2)23-10-14-6-5-13(9-16(14)22-3)17-19-18(21)24-20-17/h4-9H,10H2,1-3H3,(H,19,20,21). The quantitative estimate of drug-likeness (QED) is 0.779. The summed E-state index contributed by atoms with van der Waals surface area (Å²) < 4.78 is 15.8. The van der Waals surface area contributed by atoms with Gasteiger partial charge in [0.1, 0.15) is 18.1 Å². The van der Waals surface area contributed by atoms with Crippen LogP contribution < -0.4 is 15.2 Å². The zero-order valence-electron chi connectivity index (χ0n) is 13.8. The topological polar surface area (TPSA) is 77.4 Å². The van der Waals surface area contributed by atoms with Crippen LogP contribution in [-0.4, -0.2) is 17.3 Å². The number of aryl methyl sites for hydroxylation is 2. The number of nitrogens with zero attached hydrogens (tertiary/aromatic N) is 1. The van der Waals surface area contributed by atoms with Crippen molar-refractivity contribution in [3.63, 3.8) is 0 Å². The Labute approximate surface area is 139 Å². The van der Waals surface area contributed by atoms with Crippen LogP contribution in [0.25, 0.3) is 11.4 Å². The average molecular weight is 326 g/mol. The molecule has 2 aromatic carbocycles. The van der Waals surface area contributed by atoms with Gasteiger partial charge in [0.05, 0.1) is 7.11 Å². The molecule has 1 N–H and O–H groups in total. The highest BCUT2D eigenvalue weighted by Gasteiger charge is 2.10. The fourth-order valence-electron chi connectivity index (χ4n) is 2.33. The SMILES string of the molecule is COc1cc(-c2noc(=O)[nH]2)ccc1COc1ccc(C)c(C)c1. The van der Waals surface area contributed by atoms with E-state index >= 15 is 0 Å². The van der Waals surface area contributed by atoms with E-state index in [1.807, 2.05) is 30.3 Å². The van der Waals surface area contributed by atoms with Gasteiger partial charge in [-0.25, -0.2) is 4.79 Å². The van der Waals surface area contributed by atoms with Crippen molar-refractivity contribution in [1.29, 1.82) is 0 Å². The Balaban J connectivity index is 1.80. The fraction of sp³-hybridized carbons (Fsp3) is 0.222. The van der Waals surface area contributed by atoms with Crippen LogP contribution in [0.2, 0.25) is 0 Å². The van der Waals surface area contributed by atoms with Crippen molar-refractivity contribution in [3.8, 4) is 22.9 Å². The van der Waals surface area contributed by atoms with Gasteiger partial charge in [0.2, 0.25) is 0 Å². The van der Waals surface area contributed by atoms with Crippen molar-refractivity contribution in [2.45, 2.75) is 20.5 Å². The molecule has 6 nitrogen and oxygen atoms in total. The molecule has 24 heavy (non-hydrogen) atoms. The average Bonchev–Trinajstić information content (AvgIpc) is 3.02. The number of hydrogen-bond donors (Lipinski definition) is 1. The van der Waals surface area contributed by atoms with Crippen LogP contribution in [0.1, 0.15) is 16.7 Å². The van der Waals surface area contributed by atoms with E-state index in [1.165, 1.54) is 11.1 Å². The van der Waals surface area contributed by atoms with Crippen LogP contribution in [-0.2, 0) is 6.61 Å². The summed E-state index contributed by atoms with van der Waals surface area (Å²) in [6.45, 7) is 4.49. The molecule has 0 aliphatic rings. The summed E-state index contributed by atoms with van der Waals surface area (Å²) in [7, 11) is 1.59. The van der Waals surface area contributed by atoms with Crippen LogP contribution in [0.5, 0.6) is 11.5 Å². The first-order valence-corrected chi connectivity index (χ1v) is 7.50. The number of benzene rings is 2. The van der Waals surface area contributed by atoms with Crippen molar-refractivity contribution < 1.29 is 14.0 Å². The van der Waals surface area contributed by atoms with E-state index in [4.69, 9.17) is 9.47 Å². The number of H-pyrrole nitrogens is 1. The Kier molecular flexibility index (Phi) is 4.37. The number of aromatic nitrogens is 2. The molecule has 6 heteroatoms. The molecule has 0 bridgehead atoms. The van der Waals surface area contributed by atoms with Crippen molar-refractivity contribution in [3.05, 3.63) is 63.6 Å². The number of rotatable bonds is 5. The Hall–Kier alpha value is -3.02. The van der Waals surface area contributed by atoms with E-state index in [1.54, 1.807) is 13.2 Å². The van der Waals surface area contributed by atoms with E-state index in [9.17, 15) is 4.79 Å². The van der Waals surface area contributed by atoms with Gasteiger partial charge in [-0.2, -0.15) is 0 Å². The van der Waals surface area contributed by atoms with Gasteiger partial charge in [-0.1, -0.05) is 23.4 Å². The summed E-state index contributed by atoms with van der Waals surface area (Å²) >= 11 is 0. The van der Waals surface area contributed by atoms with E-state index < -0.39 is 5.76 Å². The zero-order chi connectivity index (χ0) is 17.1. The first-order valence-electron chi connectivity index (χ1n) is 7.50. The smallest absolute Gasteiger partial charge is 0.439 e. The monoisotopic (exact) mass is 326 g/mol. The second-order valence-electron chi connectivity index (χ2n) is 5.51. The van der Waals surface area contributed by atoms with Crippen molar-refractivity contribution in [1.82, 2.24) is 10.1 Å². The highest BCUT2D eigenvalue weighted by molar-refractivity contribution is 5.58. The molecule has 0 aliphatic carbocycles. The molecular formula is C18H18N2O4. The highest BCUT2D eigenvalue weighted by atomic mass is 16.5. The van der Waals surface area contributed by atoms with Gasteiger partial charge in [0.25, 0.3) is 0 Å². The maximum atomic E-state index is 11.1. The van der Waals surface area contributed by atoms with E-state index in [2.05, 4.69) is 28.5 Å². The molecule has 0 saturated carbocycles. The summed E-state index contributed by atoms with van der Waals surface area (Å²) in [6, 6.07) is 11.5. The molecule has 1 heterocycles. The molecule has 0 saturated heterocycles. The van der Waals surface area contributed by atoms with E-state index in [-0.39, 0.29) is 0 Å². The molecular weight excluding hydrogens is 308 g/mol. The summed E-state index contributed by atoms with van der Waals surface area (Å²) in [6.07, 6.45) is 0. The Morgan fingerprint density at radius 2 is 1.96 bits per heavy atom. The van der Waals surface area contributed by atoms with Gasteiger partial charge >= 0.3 is 5.76 Å². The normalized spacial score (nSPS) is 10.6. The molecule has 0 atom stereocenters. The minimum absolute atomic E-state index is 0.361. The van der Waals surface area contributed by atoms with Gasteiger partial charge in [-0.05, 0) is 43.2 Å². The second-order valence-corrected chi connectivity index (χ2v) is 5.51. The van der Waals surface area contributed by atoms with Crippen LogP contribution in [0.15, 0.2) is 45.7 Å². The second kappa shape index (κ2) is 6.62. The first kappa shape index (κ1) is 15.9. The molecule has 3 aromatic rings. The minimum Gasteiger partial charge on any atom is -0.496 e. The predicted molar refractivity (Wildman–Crippen MR) is 89.4 cm³/mol. The minimum atomic E-state index is -0.592. The summed E-state index contributed by atoms with van der Waals surface area (Å²) in [5, 5.41) is 3.67. The summed E-state index contributed by atoms with van der Waals surface area (Å²) in [5.74, 6) is 1.23. The van der Waals surface area contributed by atoms with Crippen LogP contribution in [0.4, 0.5) is 0 Å².